The Labute approximate surface area is 121 Å². The molecular weight excluding hydrogens is 250 g/mol. The first kappa shape index (κ1) is 15.0. The predicted molar refractivity (Wildman–Crippen MR) is 81.4 cm³/mol. The van der Waals surface area contributed by atoms with Gasteiger partial charge >= 0.3 is 0 Å². The number of hydrogen-bond acceptors (Lipinski definition) is 3. The Hall–Kier alpha value is -1.35. The van der Waals surface area contributed by atoms with Crippen molar-refractivity contribution >= 4 is 5.78 Å². The zero-order chi connectivity index (χ0) is 14.4. The highest BCUT2D eigenvalue weighted by molar-refractivity contribution is 5.98. The Bertz CT molecular complexity index is 436. The van der Waals surface area contributed by atoms with Crippen LogP contribution < -0.4 is 4.74 Å². The third-order valence-corrected chi connectivity index (χ3v) is 4.05. The molecule has 0 amide bonds. The van der Waals surface area contributed by atoms with Gasteiger partial charge in [0.05, 0.1) is 5.56 Å². The Balaban J connectivity index is 1.83. The van der Waals surface area contributed by atoms with E-state index in [-0.39, 0.29) is 5.78 Å². The van der Waals surface area contributed by atoms with Gasteiger partial charge in [0.2, 0.25) is 0 Å². The van der Waals surface area contributed by atoms with Crippen molar-refractivity contribution in [2.75, 3.05) is 26.2 Å². The van der Waals surface area contributed by atoms with E-state index in [1.807, 2.05) is 31.2 Å². The second-order valence-electron chi connectivity index (χ2n) is 5.65. The molecule has 3 heteroatoms. The highest BCUT2D eigenvalue weighted by Gasteiger charge is 2.15. The maximum absolute atomic E-state index is 11.8. The molecule has 20 heavy (non-hydrogen) atoms. The van der Waals surface area contributed by atoms with Gasteiger partial charge in [-0.3, -0.25) is 9.69 Å². The van der Waals surface area contributed by atoms with E-state index in [1.165, 1.54) is 25.9 Å². The first-order chi connectivity index (χ1) is 9.70. The van der Waals surface area contributed by atoms with E-state index in [0.717, 1.165) is 18.2 Å². The number of piperidine rings is 1. The van der Waals surface area contributed by atoms with E-state index in [0.29, 0.717) is 18.6 Å². The summed E-state index contributed by atoms with van der Waals surface area (Å²) in [6.07, 6.45) is 3.08. The number of Topliss-reactive ketones (excluding diaryl/α,β-unsaturated/α-hetero) is 1. The molecule has 0 N–H and O–H groups in total. The highest BCUT2D eigenvalue weighted by Crippen LogP contribution is 2.20. The third kappa shape index (κ3) is 4.07. The van der Waals surface area contributed by atoms with Gasteiger partial charge in [-0.2, -0.15) is 0 Å². The highest BCUT2D eigenvalue weighted by atomic mass is 16.5. The van der Waals surface area contributed by atoms with Gasteiger partial charge in [-0.05, 0) is 44.0 Å². The minimum atomic E-state index is 0.146. The molecule has 1 heterocycles. The summed E-state index contributed by atoms with van der Waals surface area (Å²) >= 11 is 0. The molecule has 0 saturated carbocycles. The van der Waals surface area contributed by atoms with E-state index < -0.39 is 0 Å². The smallest absolute Gasteiger partial charge is 0.166 e. The van der Waals surface area contributed by atoms with E-state index in [1.54, 1.807) is 0 Å². The second-order valence-corrected chi connectivity index (χ2v) is 5.65. The maximum atomic E-state index is 11.8. The van der Waals surface area contributed by atoms with E-state index in [4.69, 9.17) is 4.74 Å². The first-order valence-electron chi connectivity index (χ1n) is 7.68. The number of likely N-dealkylation sites (tertiary alicyclic amines) is 1. The number of ketones is 1. The fourth-order valence-electron chi connectivity index (χ4n) is 2.58. The van der Waals surface area contributed by atoms with Crippen molar-refractivity contribution in [2.24, 2.45) is 5.92 Å². The molecular formula is C17H25NO2. The Morgan fingerprint density at radius 1 is 1.30 bits per heavy atom. The van der Waals surface area contributed by atoms with Gasteiger partial charge in [0.25, 0.3) is 0 Å². The molecule has 1 saturated heterocycles. The first-order valence-corrected chi connectivity index (χ1v) is 7.68. The van der Waals surface area contributed by atoms with Gasteiger partial charge in [-0.15, -0.1) is 0 Å². The molecule has 2 rings (SSSR count). The van der Waals surface area contributed by atoms with Crippen LogP contribution in [-0.2, 0) is 0 Å². The molecule has 0 aromatic heterocycles. The van der Waals surface area contributed by atoms with Crippen molar-refractivity contribution in [3.63, 3.8) is 0 Å². The zero-order valence-corrected chi connectivity index (χ0v) is 12.6. The normalized spacial score (nSPS) is 17.1. The standard InChI is InChI=1S/C17H25NO2/c1-3-16(19)15-6-4-5-7-17(15)20-13-12-18-10-8-14(2)9-11-18/h4-7,14H,3,8-13H2,1-2H3. The quantitative estimate of drug-likeness (QED) is 0.745. The largest absolute Gasteiger partial charge is 0.491 e. The van der Waals surface area contributed by atoms with E-state index in [9.17, 15) is 4.79 Å². The molecule has 0 spiro atoms. The van der Waals surface area contributed by atoms with Crippen LogP contribution in [0.3, 0.4) is 0 Å². The van der Waals surface area contributed by atoms with Gasteiger partial charge < -0.3 is 4.74 Å². The summed E-state index contributed by atoms with van der Waals surface area (Å²) in [7, 11) is 0. The molecule has 0 atom stereocenters. The molecule has 0 bridgehead atoms. The molecule has 0 unspecified atom stereocenters. The number of carbonyl (C=O) groups excluding carboxylic acids is 1. The Kier molecular flexibility index (Phi) is 5.60. The van der Waals surface area contributed by atoms with Gasteiger partial charge in [-0.1, -0.05) is 26.0 Å². The number of ether oxygens (including phenoxy) is 1. The molecule has 1 aliphatic heterocycles. The van der Waals surface area contributed by atoms with Crippen molar-refractivity contribution in [2.45, 2.75) is 33.1 Å². The van der Waals surface area contributed by atoms with Crippen molar-refractivity contribution in [3.8, 4) is 5.75 Å². The minimum absolute atomic E-state index is 0.146. The number of carbonyl (C=O) groups is 1. The van der Waals surface area contributed by atoms with Crippen LogP contribution in [0.25, 0.3) is 0 Å². The number of rotatable bonds is 6. The van der Waals surface area contributed by atoms with Crippen LogP contribution in [0.1, 0.15) is 43.5 Å². The lowest BCUT2D eigenvalue weighted by atomic mass is 9.99. The number of nitrogens with zero attached hydrogens (tertiary/aromatic N) is 1. The molecule has 110 valence electrons. The van der Waals surface area contributed by atoms with E-state index in [2.05, 4.69) is 11.8 Å². The number of benzene rings is 1. The molecule has 1 fully saturated rings. The molecule has 0 aliphatic carbocycles. The monoisotopic (exact) mass is 275 g/mol. The van der Waals surface area contributed by atoms with Crippen LogP contribution >= 0.6 is 0 Å². The van der Waals surface area contributed by atoms with Crippen LogP contribution in [0.5, 0.6) is 5.75 Å². The average Bonchev–Trinajstić information content (AvgIpc) is 2.49. The Morgan fingerprint density at radius 2 is 2.00 bits per heavy atom. The van der Waals surface area contributed by atoms with Crippen molar-refractivity contribution < 1.29 is 9.53 Å². The lowest BCUT2D eigenvalue weighted by Crippen LogP contribution is -2.35. The van der Waals surface area contributed by atoms with Gasteiger partial charge in [0.15, 0.2) is 5.78 Å². The molecule has 1 aliphatic rings. The van der Waals surface area contributed by atoms with Crippen molar-refractivity contribution in [1.29, 1.82) is 0 Å². The molecule has 3 nitrogen and oxygen atoms in total. The number of para-hydroxylation sites is 1. The summed E-state index contributed by atoms with van der Waals surface area (Å²) in [5, 5.41) is 0. The molecule has 1 aromatic rings. The van der Waals surface area contributed by atoms with Crippen LogP contribution in [0.15, 0.2) is 24.3 Å². The van der Waals surface area contributed by atoms with Crippen LogP contribution in [0.4, 0.5) is 0 Å². The summed E-state index contributed by atoms with van der Waals surface area (Å²) in [5.74, 6) is 1.73. The summed E-state index contributed by atoms with van der Waals surface area (Å²) in [4.78, 5) is 14.3. The zero-order valence-electron chi connectivity index (χ0n) is 12.6. The summed E-state index contributed by atoms with van der Waals surface area (Å²) in [6.45, 7) is 8.14. The summed E-state index contributed by atoms with van der Waals surface area (Å²) in [5.41, 5.74) is 0.710. The van der Waals surface area contributed by atoms with Gasteiger partial charge in [0, 0.05) is 13.0 Å². The van der Waals surface area contributed by atoms with Crippen molar-refractivity contribution in [1.82, 2.24) is 4.90 Å². The minimum Gasteiger partial charge on any atom is -0.491 e. The average molecular weight is 275 g/mol. The SMILES string of the molecule is CCC(=O)c1ccccc1OCCN1CCC(C)CC1. The predicted octanol–water partition coefficient (Wildman–Crippen LogP) is 3.39. The van der Waals surface area contributed by atoms with E-state index >= 15 is 0 Å². The molecule has 1 aromatic carbocycles. The second kappa shape index (κ2) is 7.44. The topological polar surface area (TPSA) is 29.5 Å². The summed E-state index contributed by atoms with van der Waals surface area (Å²) in [6, 6.07) is 7.55. The number of hydrogen-bond donors (Lipinski definition) is 0. The fraction of sp³-hybridized carbons (Fsp3) is 0.588. The molecule has 0 radical (unpaired) electrons. The van der Waals surface area contributed by atoms with Crippen molar-refractivity contribution in [3.05, 3.63) is 29.8 Å². The van der Waals surface area contributed by atoms with Crippen LogP contribution in [0.2, 0.25) is 0 Å². The maximum Gasteiger partial charge on any atom is 0.166 e. The lowest BCUT2D eigenvalue weighted by molar-refractivity contribution is 0.0982. The summed E-state index contributed by atoms with van der Waals surface area (Å²) < 4.78 is 5.83. The fourth-order valence-corrected chi connectivity index (χ4v) is 2.58. The third-order valence-electron chi connectivity index (χ3n) is 4.05. The van der Waals surface area contributed by atoms with Gasteiger partial charge in [0.1, 0.15) is 12.4 Å². The van der Waals surface area contributed by atoms with Crippen LogP contribution in [0, 0.1) is 5.92 Å². The lowest BCUT2D eigenvalue weighted by Gasteiger charge is -2.30. The van der Waals surface area contributed by atoms with Gasteiger partial charge in [-0.25, -0.2) is 0 Å². The van der Waals surface area contributed by atoms with Crippen LogP contribution in [-0.4, -0.2) is 36.9 Å². The Morgan fingerprint density at radius 3 is 2.70 bits per heavy atom.